The van der Waals surface area contributed by atoms with Crippen molar-refractivity contribution in [3.8, 4) is 0 Å². The van der Waals surface area contributed by atoms with Crippen LogP contribution in [-0.4, -0.2) is 38.1 Å². The number of piperidine rings is 1. The van der Waals surface area contributed by atoms with Gasteiger partial charge in [0.25, 0.3) is 0 Å². The van der Waals surface area contributed by atoms with Gasteiger partial charge in [0.2, 0.25) is 10.0 Å². The molecule has 2 atom stereocenters. The molecule has 1 aliphatic heterocycles. The maximum Gasteiger partial charge on any atom is 0.211 e. The van der Waals surface area contributed by atoms with E-state index in [0.29, 0.717) is 25.2 Å². The normalized spacial score (nSPS) is 24.8. The Kier molecular flexibility index (Phi) is 4.78. The van der Waals surface area contributed by atoms with Crippen molar-refractivity contribution < 1.29 is 12.8 Å². The summed E-state index contributed by atoms with van der Waals surface area (Å²) in [7, 11) is -3.11. The lowest BCUT2D eigenvalue weighted by atomic mass is 9.95. The summed E-state index contributed by atoms with van der Waals surface area (Å²) < 4.78 is 38.1. The monoisotopic (exact) mass is 300 g/mol. The molecule has 0 amide bonds. The van der Waals surface area contributed by atoms with E-state index in [9.17, 15) is 12.8 Å². The molecule has 2 unspecified atom stereocenters. The van der Waals surface area contributed by atoms with Crippen LogP contribution in [0.15, 0.2) is 24.3 Å². The Balaban J connectivity index is 1.91. The van der Waals surface area contributed by atoms with Gasteiger partial charge in [0.05, 0.1) is 6.26 Å². The maximum atomic E-state index is 13.5. The van der Waals surface area contributed by atoms with Crippen LogP contribution in [0, 0.1) is 11.7 Å². The molecule has 0 bridgehead atoms. The first-order chi connectivity index (χ1) is 9.38. The molecule has 1 fully saturated rings. The molecule has 1 aromatic carbocycles. The largest absolute Gasteiger partial charge is 0.309 e. The van der Waals surface area contributed by atoms with Crippen LogP contribution in [0.4, 0.5) is 4.39 Å². The van der Waals surface area contributed by atoms with Crippen molar-refractivity contribution in [2.75, 3.05) is 19.3 Å². The van der Waals surface area contributed by atoms with Crippen molar-refractivity contribution in [1.29, 1.82) is 0 Å². The molecular formula is C14H21FN2O2S. The van der Waals surface area contributed by atoms with Crippen LogP contribution in [0.3, 0.4) is 0 Å². The Hall–Kier alpha value is -0.980. The molecule has 1 N–H and O–H groups in total. The molecular weight excluding hydrogens is 279 g/mol. The van der Waals surface area contributed by atoms with Gasteiger partial charge in [-0.05, 0) is 18.4 Å². The van der Waals surface area contributed by atoms with Gasteiger partial charge in [-0.2, -0.15) is 0 Å². The van der Waals surface area contributed by atoms with E-state index in [4.69, 9.17) is 0 Å². The van der Waals surface area contributed by atoms with Gasteiger partial charge in [0.1, 0.15) is 5.82 Å². The number of hydrogen-bond donors (Lipinski definition) is 1. The van der Waals surface area contributed by atoms with Gasteiger partial charge in [0, 0.05) is 31.2 Å². The maximum absolute atomic E-state index is 13.5. The molecule has 0 aliphatic carbocycles. The highest BCUT2D eigenvalue weighted by Gasteiger charge is 2.30. The van der Waals surface area contributed by atoms with Gasteiger partial charge in [-0.1, -0.05) is 25.1 Å². The van der Waals surface area contributed by atoms with E-state index < -0.39 is 10.0 Å². The minimum Gasteiger partial charge on any atom is -0.309 e. The molecule has 0 radical (unpaired) electrons. The molecule has 1 heterocycles. The van der Waals surface area contributed by atoms with E-state index in [-0.39, 0.29) is 17.8 Å². The standard InChI is InChI=1S/C14H21FN2O2S/c1-11-10-17(20(2,18)19)8-7-14(11)16-9-12-5-3-4-6-13(12)15/h3-6,11,14,16H,7-10H2,1-2H3. The van der Waals surface area contributed by atoms with Crippen LogP contribution in [0.2, 0.25) is 0 Å². The molecule has 4 nitrogen and oxygen atoms in total. The molecule has 0 aromatic heterocycles. The average molecular weight is 300 g/mol. The molecule has 1 saturated heterocycles. The smallest absolute Gasteiger partial charge is 0.211 e. The van der Waals surface area contributed by atoms with Crippen LogP contribution in [0.25, 0.3) is 0 Å². The molecule has 20 heavy (non-hydrogen) atoms. The second kappa shape index (κ2) is 6.20. The number of halogens is 1. The van der Waals surface area contributed by atoms with Crippen LogP contribution in [0.1, 0.15) is 18.9 Å². The fourth-order valence-electron chi connectivity index (χ4n) is 2.59. The van der Waals surface area contributed by atoms with Crippen molar-refractivity contribution in [1.82, 2.24) is 9.62 Å². The van der Waals surface area contributed by atoms with Gasteiger partial charge < -0.3 is 5.32 Å². The first-order valence-electron chi connectivity index (χ1n) is 6.80. The predicted molar refractivity (Wildman–Crippen MR) is 77.2 cm³/mol. The van der Waals surface area contributed by atoms with E-state index in [0.717, 1.165) is 6.42 Å². The lowest BCUT2D eigenvalue weighted by Crippen LogP contribution is -2.49. The Morgan fingerprint density at radius 2 is 2.10 bits per heavy atom. The zero-order valence-electron chi connectivity index (χ0n) is 11.8. The summed E-state index contributed by atoms with van der Waals surface area (Å²) in [5, 5.41) is 3.34. The Morgan fingerprint density at radius 1 is 1.40 bits per heavy atom. The highest BCUT2D eigenvalue weighted by atomic mass is 32.2. The zero-order chi connectivity index (χ0) is 14.8. The molecule has 1 aliphatic rings. The van der Waals surface area contributed by atoms with E-state index >= 15 is 0 Å². The topological polar surface area (TPSA) is 49.4 Å². The lowest BCUT2D eigenvalue weighted by molar-refractivity contribution is 0.219. The quantitative estimate of drug-likeness (QED) is 0.918. The highest BCUT2D eigenvalue weighted by Crippen LogP contribution is 2.19. The Bertz CT molecular complexity index is 562. The third kappa shape index (κ3) is 3.77. The molecule has 1 aromatic rings. The van der Waals surface area contributed by atoms with Gasteiger partial charge in [0.15, 0.2) is 0 Å². The second-order valence-electron chi connectivity index (χ2n) is 5.47. The van der Waals surface area contributed by atoms with Crippen LogP contribution < -0.4 is 5.32 Å². The van der Waals surface area contributed by atoms with Crippen LogP contribution in [0.5, 0.6) is 0 Å². The lowest BCUT2D eigenvalue weighted by Gasteiger charge is -2.36. The summed E-state index contributed by atoms with van der Waals surface area (Å²) in [6.45, 7) is 3.54. The zero-order valence-corrected chi connectivity index (χ0v) is 12.7. The average Bonchev–Trinajstić information content (AvgIpc) is 2.38. The Morgan fingerprint density at radius 3 is 2.70 bits per heavy atom. The first kappa shape index (κ1) is 15.4. The molecule has 0 spiro atoms. The summed E-state index contributed by atoms with van der Waals surface area (Å²) in [6, 6.07) is 6.92. The minimum absolute atomic E-state index is 0.207. The van der Waals surface area contributed by atoms with Crippen molar-refractivity contribution in [2.45, 2.75) is 25.9 Å². The molecule has 0 saturated carbocycles. The molecule has 6 heteroatoms. The van der Waals surface area contributed by atoms with Crippen molar-refractivity contribution in [2.24, 2.45) is 5.92 Å². The van der Waals surface area contributed by atoms with Crippen LogP contribution in [-0.2, 0) is 16.6 Å². The predicted octanol–water partition coefficient (Wildman–Crippen LogP) is 1.59. The number of nitrogens with one attached hydrogen (secondary N) is 1. The van der Waals surface area contributed by atoms with E-state index in [1.807, 2.05) is 13.0 Å². The highest BCUT2D eigenvalue weighted by molar-refractivity contribution is 7.88. The van der Waals surface area contributed by atoms with E-state index in [1.54, 1.807) is 12.1 Å². The minimum atomic E-state index is -3.11. The Labute approximate surface area is 120 Å². The van der Waals surface area contributed by atoms with E-state index in [1.165, 1.54) is 16.6 Å². The number of hydrogen-bond acceptors (Lipinski definition) is 3. The number of benzene rings is 1. The van der Waals surface area contributed by atoms with E-state index in [2.05, 4.69) is 5.32 Å². The van der Waals surface area contributed by atoms with Gasteiger partial charge in [-0.25, -0.2) is 17.1 Å². The van der Waals surface area contributed by atoms with Crippen molar-refractivity contribution in [3.05, 3.63) is 35.6 Å². The van der Waals surface area contributed by atoms with Gasteiger partial charge in [-0.15, -0.1) is 0 Å². The number of sulfonamides is 1. The van der Waals surface area contributed by atoms with Crippen LogP contribution >= 0.6 is 0 Å². The van der Waals surface area contributed by atoms with Crippen molar-refractivity contribution in [3.63, 3.8) is 0 Å². The van der Waals surface area contributed by atoms with Gasteiger partial charge >= 0.3 is 0 Å². The summed E-state index contributed by atoms with van der Waals surface area (Å²) in [4.78, 5) is 0. The fourth-order valence-corrected chi connectivity index (χ4v) is 3.54. The number of rotatable bonds is 4. The molecule has 2 rings (SSSR count). The summed E-state index contributed by atoms with van der Waals surface area (Å²) in [6.07, 6.45) is 2.00. The summed E-state index contributed by atoms with van der Waals surface area (Å²) in [5.41, 5.74) is 0.644. The van der Waals surface area contributed by atoms with Crippen molar-refractivity contribution >= 4 is 10.0 Å². The summed E-state index contributed by atoms with van der Waals surface area (Å²) >= 11 is 0. The summed E-state index contributed by atoms with van der Waals surface area (Å²) in [5.74, 6) is 0.00599. The fraction of sp³-hybridized carbons (Fsp3) is 0.571. The first-order valence-corrected chi connectivity index (χ1v) is 8.64. The molecule has 112 valence electrons. The third-order valence-corrected chi connectivity index (χ3v) is 5.12. The third-order valence-electron chi connectivity index (χ3n) is 3.85. The number of nitrogens with zero attached hydrogens (tertiary/aromatic N) is 1. The second-order valence-corrected chi connectivity index (χ2v) is 7.45. The SMILES string of the molecule is CC1CN(S(C)(=O)=O)CCC1NCc1ccccc1F. The van der Waals surface area contributed by atoms with Gasteiger partial charge in [-0.3, -0.25) is 0 Å².